The van der Waals surface area contributed by atoms with E-state index in [1.54, 1.807) is 11.3 Å². The zero-order valence-electron chi connectivity index (χ0n) is 14.7. The van der Waals surface area contributed by atoms with Gasteiger partial charge in [-0.3, -0.25) is 0 Å². The van der Waals surface area contributed by atoms with Gasteiger partial charge in [-0.25, -0.2) is 9.78 Å². The summed E-state index contributed by atoms with van der Waals surface area (Å²) in [5.74, 6) is 0. The van der Waals surface area contributed by atoms with Crippen molar-refractivity contribution in [3.8, 4) is 0 Å². The third kappa shape index (κ3) is 4.80. The van der Waals surface area contributed by atoms with Crippen molar-refractivity contribution in [3.05, 3.63) is 50.4 Å². The topological polar surface area (TPSA) is 54.0 Å². The van der Waals surface area contributed by atoms with Gasteiger partial charge in [0.15, 0.2) is 0 Å². The summed E-state index contributed by atoms with van der Waals surface area (Å²) in [6, 6.07) is 7.47. The van der Waals surface area contributed by atoms with Gasteiger partial charge in [0.25, 0.3) is 0 Å². The van der Waals surface area contributed by atoms with Crippen LogP contribution >= 0.6 is 27.3 Å². The third-order valence-electron chi connectivity index (χ3n) is 3.73. The first kappa shape index (κ1) is 18.9. The summed E-state index contributed by atoms with van der Waals surface area (Å²) in [5.41, 5.74) is 2.12. The van der Waals surface area contributed by atoms with Crippen LogP contribution in [0, 0.1) is 0 Å². The van der Waals surface area contributed by atoms with Crippen LogP contribution in [-0.4, -0.2) is 11.0 Å². The zero-order chi connectivity index (χ0) is 17.9. The molecule has 0 aliphatic rings. The highest BCUT2D eigenvalue weighted by atomic mass is 79.9. The minimum atomic E-state index is -0.196. The quantitative estimate of drug-likeness (QED) is 0.716. The molecule has 1 heterocycles. The maximum absolute atomic E-state index is 12.3. The summed E-state index contributed by atoms with van der Waals surface area (Å²) in [5, 5.41) is 8.92. The standard InChI is InChI=1S/C18H24BrN3OS/c1-11(13-8-6-7-9-14(13)19)20-17(23)21-12(2)16-22-15(10-24-16)18(3,4)5/h6-12H,1-5H3,(H2,20,21,23). The monoisotopic (exact) mass is 409 g/mol. The Morgan fingerprint density at radius 3 is 2.38 bits per heavy atom. The lowest BCUT2D eigenvalue weighted by molar-refractivity contribution is 0.235. The smallest absolute Gasteiger partial charge is 0.315 e. The fourth-order valence-electron chi connectivity index (χ4n) is 2.23. The summed E-state index contributed by atoms with van der Waals surface area (Å²) in [7, 11) is 0. The molecule has 2 N–H and O–H groups in total. The highest BCUT2D eigenvalue weighted by Crippen LogP contribution is 2.27. The number of amides is 2. The van der Waals surface area contributed by atoms with E-state index in [1.165, 1.54) is 0 Å². The van der Waals surface area contributed by atoms with E-state index in [1.807, 2.05) is 38.1 Å². The lowest BCUT2D eigenvalue weighted by atomic mass is 9.93. The number of halogens is 1. The van der Waals surface area contributed by atoms with Crippen molar-refractivity contribution in [2.75, 3.05) is 0 Å². The van der Waals surface area contributed by atoms with Crippen molar-refractivity contribution >= 4 is 33.3 Å². The van der Waals surface area contributed by atoms with Gasteiger partial charge in [0, 0.05) is 15.3 Å². The molecule has 2 unspecified atom stereocenters. The molecule has 24 heavy (non-hydrogen) atoms. The van der Waals surface area contributed by atoms with E-state index >= 15 is 0 Å². The van der Waals surface area contributed by atoms with Gasteiger partial charge >= 0.3 is 6.03 Å². The second-order valence-corrected chi connectivity index (χ2v) is 8.65. The highest BCUT2D eigenvalue weighted by Gasteiger charge is 2.21. The zero-order valence-corrected chi connectivity index (χ0v) is 17.1. The first-order chi connectivity index (χ1) is 11.2. The molecular formula is C18H24BrN3OS. The van der Waals surface area contributed by atoms with Crippen LogP contribution < -0.4 is 10.6 Å². The van der Waals surface area contributed by atoms with Crippen LogP contribution in [0.25, 0.3) is 0 Å². The average Bonchev–Trinajstić information content (AvgIpc) is 2.97. The summed E-state index contributed by atoms with van der Waals surface area (Å²) in [6.45, 7) is 10.3. The molecule has 1 aromatic heterocycles. The SMILES string of the molecule is CC(NC(=O)NC(C)c1ccccc1Br)c1nc(C(C)(C)C)cs1. The normalized spacial score (nSPS) is 14.1. The Morgan fingerprint density at radius 1 is 1.17 bits per heavy atom. The first-order valence-electron chi connectivity index (χ1n) is 7.96. The van der Waals surface area contributed by atoms with E-state index in [4.69, 9.17) is 0 Å². The molecule has 0 aliphatic carbocycles. The lowest BCUT2D eigenvalue weighted by Gasteiger charge is -2.19. The third-order valence-corrected chi connectivity index (χ3v) is 5.48. The van der Waals surface area contributed by atoms with Crippen LogP contribution in [0.4, 0.5) is 4.79 Å². The van der Waals surface area contributed by atoms with Crippen molar-refractivity contribution < 1.29 is 4.79 Å². The van der Waals surface area contributed by atoms with Gasteiger partial charge in [0.05, 0.1) is 17.8 Å². The minimum absolute atomic E-state index is 0.0187. The fourth-order valence-corrected chi connectivity index (χ4v) is 3.91. The van der Waals surface area contributed by atoms with Gasteiger partial charge in [-0.2, -0.15) is 0 Å². The first-order valence-corrected chi connectivity index (χ1v) is 9.63. The molecule has 2 aromatic rings. The van der Waals surface area contributed by atoms with Crippen LogP contribution in [-0.2, 0) is 5.41 Å². The Morgan fingerprint density at radius 2 is 1.79 bits per heavy atom. The van der Waals surface area contributed by atoms with E-state index in [2.05, 4.69) is 57.7 Å². The largest absolute Gasteiger partial charge is 0.332 e. The van der Waals surface area contributed by atoms with Crippen molar-refractivity contribution in [3.63, 3.8) is 0 Å². The van der Waals surface area contributed by atoms with E-state index in [0.29, 0.717) is 0 Å². The maximum Gasteiger partial charge on any atom is 0.315 e. The molecule has 130 valence electrons. The van der Waals surface area contributed by atoms with Gasteiger partial charge in [-0.15, -0.1) is 11.3 Å². The van der Waals surface area contributed by atoms with Crippen LogP contribution in [0.2, 0.25) is 0 Å². The maximum atomic E-state index is 12.3. The number of carbonyl (C=O) groups excluding carboxylic acids is 1. The highest BCUT2D eigenvalue weighted by molar-refractivity contribution is 9.10. The summed E-state index contributed by atoms with van der Waals surface area (Å²) in [6.07, 6.45) is 0. The second kappa shape index (κ2) is 7.66. The van der Waals surface area contributed by atoms with E-state index in [0.717, 1.165) is 20.7 Å². The molecule has 0 spiro atoms. The summed E-state index contributed by atoms with van der Waals surface area (Å²) in [4.78, 5) is 16.9. The molecular weight excluding hydrogens is 386 g/mol. The number of carbonyl (C=O) groups is 1. The van der Waals surface area contributed by atoms with E-state index in [9.17, 15) is 4.79 Å². The van der Waals surface area contributed by atoms with Crippen LogP contribution in [0.3, 0.4) is 0 Å². The molecule has 1 aromatic carbocycles. The molecule has 0 saturated heterocycles. The van der Waals surface area contributed by atoms with Gasteiger partial charge < -0.3 is 10.6 Å². The van der Waals surface area contributed by atoms with Crippen molar-refractivity contribution in [1.29, 1.82) is 0 Å². The predicted octanol–water partition coefficient (Wildman–Crippen LogP) is 5.32. The molecule has 0 aliphatic heterocycles. The minimum Gasteiger partial charge on any atom is -0.332 e. The number of hydrogen-bond acceptors (Lipinski definition) is 3. The van der Waals surface area contributed by atoms with Crippen molar-refractivity contribution in [2.24, 2.45) is 0 Å². The van der Waals surface area contributed by atoms with Crippen LogP contribution in [0.1, 0.15) is 63.0 Å². The number of rotatable bonds is 4. The van der Waals surface area contributed by atoms with E-state index in [-0.39, 0.29) is 23.5 Å². The number of aromatic nitrogens is 1. The fraction of sp³-hybridized carbons (Fsp3) is 0.444. The van der Waals surface area contributed by atoms with Gasteiger partial charge in [-0.05, 0) is 25.5 Å². The number of hydrogen-bond donors (Lipinski definition) is 2. The van der Waals surface area contributed by atoms with Gasteiger partial charge in [0.2, 0.25) is 0 Å². The van der Waals surface area contributed by atoms with Crippen LogP contribution in [0.5, 0.6) is 0 Å². The number of nitrogens with one attached hydrogen (secondary N) is 2. The molecule has 0 saturated carbocycles. The second-order valence-electron chi connectivity index (χ2n) is 6.90. The number of benzene rings is 1. The summed E-state index contributed by atoms with van der Waals surface area (Å²) < 4.78 is 0.987. The molecule has 0 radical (unpaired) electrons. The Kier molecular flexibility index (Phi) is 6.04. The lowest BCUT2D eigenvalue weighted by Crippen LogP contribution is -2.38. The number of nitrogens with zero attached hydrogens (tertiary/aromatic N) is 1. The van der Waals surface area contributed by atoms with Gasteiger partial charge in [0.1, 0.15) is 5.01 Å². The molecule has 0 bridgehead atoms. The molecule has 2 amide bonds. The van der Waals surface area contributed by atoms with Crippen LogP contribution in [0.15, 0.2) is 34.1 Å². The number of urea groups is 1. The van der Waals surface area contributed by atoms with Gasteiger partial charge in [-0.1, -0.05) is 54.9 Å². The van der Waals surface area contributed by atoms with E-state index < -0.39 is 0 Å². The Balaban J connectivity index is 1.97. The van der Waals surface area contributed by atoms with Crippen molar-refractivity contribution in [2.45, 2.75) is 52.1 Å². The molecule has 6 heteroatoms. The predicted molar refractivity (Wildman–Crippen MR) is 103 cm³/mol. The molecule has 0 fully saturated rings. The summed E-state index contributed by atoms with van der Waals surface area (Å²) >= 11 is 5.10. The Hall–Kier alpha value is -1.40. The molecule has 2 rings (SSSR count). The molecule has 4 nitrogen and oxygen atoms in total. The molecule has 2 atom stereocenters. The van der Waals surface area contributed by atoms with Crippen molar-refractivity contribution in [1.82, 2.24) is 15.6 Å². The number of thiazole rings is 1. The Bertz CT molecular complexity index is 708. The Labute approximate surface area is 156 Å². The average molecular weight is 410 g/mol.